The molecule has 0 bridgehead atoms. The van der Waals surface area contributed by atoms with E-state index < -0.39 is 0 Å². The van der Waals surface area contributed by atoms with E-state index in [9.17, 15) is 0 Å². The molecule has 4 heteroatoms. The van der Waals surface area contributed by atoms with Gasteiger partial charge in [0.15, 0.2) is 5.13 Å². The number of hydrogen-bond acceptors (Lipinski definition) is 3. The number of hydrogen-bond donors (Lipinski definition) is 1. The zero-order chi connectivity index (χ0) is 10.7. The van der Waals surface area contributed by atoms with Crippen LogP contribution in [0.2, 0.25) is 5.02 Å². The maximum atomic E-state index is 6.07. The lowest BCUT2D eigenvalue weighted by Gasteiger charge is -2.00. The van der Waals surface area contributed by atoms with Crippen LogP contribution >= 0.6 is 22.9 Å². The van der Waals surface area contributed by atoms with Crippen LogP contribution in [0.1, 0.15) is 11.3 Å². The van der Waals surface area contributed by atoms with Gasteiger partial charge < -0.3 is 5.32 Å². The standard InChI is InChI=1S/C11H11ClN2S/c1-13-11-14-9(7-15-11)6-8-4-2-3-5-10(8)12/h2-5,7H,6H2,1H3,(H,13,14). The zero-order valence-corrected chi connectivity index (χ0v) is 9.90. The Hall–Kier alpha value is -1.06. The molecule has 0 aliphatic rings. The van der Waals surface area contributed by atoms with Crippen molar-refractivity contribution in [3.63, 3.8) is 0 Å². The second kappa shape index (κ2) is 4.64. The van der Waals surface area contributed by atoms with Gasteiger partial charge in [0.2, 0.25) is 0 Å². The van der Waals surface area contributed by atoms with Crippen LogP contribution in [0.25, 0.3) is 0 Å². The van der Waals surface area contributed by atoms with Crippen LogP contribution in [0, 0.1) is 0 Å². The molecule has 1 N–H and O–H groups in total. The van der Waals surface area contributed by atoms with Crippen molar-refractivity contribution < 1.29 is 0 Å². The maximum Gasteiger partial charge on any atom is 0.182 e. The first-order valence-electron chi connectivity index (χ1n) is 4.65. The number of anilines is 1. The average molecular weight is 239 g/mol. The van der Waals surface area contributed by atoms with E-state index in [1.54, 1.807) is 11.3 Å². The third-order valence-corrected chi connectivity index (χ3v) is 3.37. The minimum absolute atomic E-state index is 0.790. The fourth-order valence-electron chi connectivity index (χ4n) is 1.34. The summed E-state index contributed by atoms with van der Waals surface area (Å²) in [4.78, 5) is 4.41. The van der Waals surface area contributed by atoms with Crippen LogP contribution in [-0.4, -0.2) is 12.0 Å². The predicted molar refractivity (Wildman–Crippen MR) is 65.9 cm³/mol. The number of thiazole rings is 1. The highest BCUT2D eigenvalue weighted by molar-refractivity contribution is 7.13. The summed E-state index contributed by atoms with van der Waals surface area (Å²) in [5.41, 5.74) is 2.17. The summed E-state index contributed by atoms with van der Waals surface area (Å²) < 4.78 is 0. The van der Waals surface area contributed by atoms with E-state index in [4.69, 9.17) is 11.6 Å². The number of nitrogens with one attached hydrogen (secondary N) is 1. The molecule has 1 aromatic heterocycles. The fraction of sp³-hybridized carbons (Fsp3) is 0.182. The Labute approximate surface area is 97.9 Å². The summed E-state index contributed by atoms with van der Waals surface area (Å²) in [6.45, 7) is 0. The minimum atomic E-state index is 0.790. The summed E-state index contributed by atoms with van der Waals surface area (Å²) in [6, 6.07) is 7.86. The van der Waals surface area contributed by atoms with Crippen molar-refractivity contribution in [3.05, 3.63) is 45.9 Å². The Bertz CT molecular complexity index is 453. The maximum absolute atomic E-state index is 6.07. The second-order valence-electron chi connectivity index (χ2n) is 3.16. The molecule has 0 radical (unpaired) electrons. The quantitative estimate of drug-likeness (QED) is 0.886. The summed E-state index contributed by atoms with van der Waals surface area (Å²) in [7, 11) is 1.87. The van der Waals surface area contributed by atoms with Gasteiger partial charge in [-0.3, -0.25) is 0 Å². The first kappa shape index (κ1) is 10.5. The molecule has 0 saturated heterocycles. The summed E-state index contributed by atoms with van der Waals surface area (Å²) >= 11 is 7.68. The van der Waals surface area contributed by atoms with E-state index in [2.05, 4.69) is 15.7 Å². The largest absolute Gasteiger partial charge is 0.365 e. The summed E-state index contributed by atoms with van der Waals surface area (Å²) in [6.07, 6.45) is 0.790. The normalized spacial score (nSPS) is 10.3. The molecule has 0 atom stereocenters. The molecule has 0 saturated carbocycles. The first-order valence-corrected chi connectivity index (χ1v) is 5.91. The number of rotatable bonds is 3. The third kappa shape index (κ3) is 2.49. The van der Waals surface area contributed by atoms with Crippen molar-refractivity contribution in [1.29, 1.82) is 0 Å². The van der Waals surface area contributed by atoms with E-state index >= 15 is 0 Å². The minimum Gasteiger partial charge on any atom is -0.365 e. The average Bonchev–Trinajstić information content (AvgIpc) is 2.69. The van der Waals surface area contributed by atoms with Crippen molar-refractivity contribution in [3.8, 4) is 0 Å². The molecule has 1 heterocycles. The van der Waals surface area contributed by atoms with Gasteiger partial charge in [0.05, 0.1) is 5.69 Å². The molecule has 0 spiro atoms. The van der Waals surface area contributed by atoms with Gasteiger partial charge >= 0.3 is 0 Å². The van der Waals surface area contributed by atoms with E-state index in [-0.39, 0.29) is 0 Å². The van der Waals surface area contributed by atoms with E-state index in [0.717, 1.165) is 27.8 Å². The van der Waals surface area contributed by atoms with Crippen LogP contribution in [0.15, 0.2) is 29.6 Å². The number of aromatic nitrogens is 1. The predicted octanol–water partition coefficient (Wildman–Crippen LogP) is 3.43. The molecule has 0 aliphatic carbocycles. The topological polar surface area (TPSA) is 24.9 Å². The van der Waals surface area contributed by atoms with E-state index in [0.29, 0.717) is 0 Å². The summed E-state index contributed by atoms with van der Waals surface area (Å²) in [5, 5.41) is 6.82. The zero-order valence-electron chi connectivity index (χ0n) is 8.33. The number of halogens is 1. The van der Waals surface area contributed by atoms with Gasteiger partial charge in [0.1, 0.15) is 0 Å². The molecular weight excluding hydrogens is 228 g/mol. The monoisotopic (exact) mass is 238 g/mol. The Morgan fingerprint density at radius 1 is 1.40 bits per heavy atom. The van der Waals surface area contributed by atoms with Gasteiger partial charge in [-0.2, -0.15) is 0 Å². The molecule has 0 aliphatic heterocycles. The van der Waals surface area contributed by atoms with Crippen molar-refractivity contribution in [2.24, 2.45) is 0 Å². The molecule has 15 heavy (non-hydrogen) atoms. The van der Waals surface area contributed by atoms with Crippen molar-refractivity contribution in [2.45, 2.75) is 6.42 Å². The van der Waals surface area contributed by atoms with Crippen molar-refractivity contribution in [2.75, 3.05) is 12.4 Å². The molecule has 78 valence electrons. The number of benzene rings is 1. The molecule has 2 nitrogen and oxygen atoms in total. The van der Waals surface area contributed by atoms with Crippen LogP contribution in [0.5, 0.6) is 0 Å². The molecule has 0 amide bonds. The first-order chi connectivity index (χ1) is 7.29. The molecule has 2 aromatic rings. The Morgan fingerprint density at radius 3 is 2.87 bits per heavy atom. The lowest BCUT2D eigenvalue weighted by molar-refractivity contribution is 1.11. The molecule has 0 fully saturated rings. The van der Waals surface area contributed by atoms with Crippen LogP contribution in [0.3, 0.4) is 0 Å². The highest BCUT2D eigenvalue weighted by atomic mass is 35.5. The Kier molecular flexibility index (Phi) is 3.23. The summed E-state index contributed by atoms with van der Waals surface area (Å²) in [5.74, 6) is 0. The van der Waals surface area contributed by atoms with Crippen molar-refractivity contribution >= 4 is 28.1 Å². The molecule has 1 aromatic carbocycles. The van der Waals surface area contributed by atoms with Gasteiger partial charge in [-0.05, 0) is 11.6 Å². The second-order valence-corrected chi connectivity index (χ2v) is 4.43. The van der Waals surface area contributed by atoms with Gasteiger partial charge in [0, 0.05) is 23.9 Å². The fourth-order valence-corrected chi connectivity index (χ4v) is 2.21. The highest BCUT2D eigenvalue weighted by Gasteiger charge is 2.04. The third-order valence-electron chi connectivity index (χ3n) is 2.10. The lowest BCUT2D eigenvalue weighted by Crippen LogP contribution is -1.91. The smallest absolute Gasteiger partial charge is 0.182 e. The van der Waals surface area contributed by atoms with Gasteiger partial charge in [0.25, 0.3) is 0 Å². The SMILES string of the molecule is CNc1nc(Cc2ccccc2Cl)cs1. The van der Waals surface area contributed by atoms with Crippen LogP contribution in [-0.2, 0) is 6.42 Å². The van der Waals surface area contributed by atoms with Gasteiger partial charge in [-0.25, -0.2) is 4.98 Å². The Morgan fingerprint density at radius 2 is 2.20 bits per heavy atom. The van der Waals surface area contributed by atoms with Crippen LogP contribution < -0.4 is 5.32 Å². The van der Waals surface area contributed by atoms with E-state index in [1.165, 1.54) is 0 Å². The molecular formula is C11H11ClN2S. The van der Waals surface area contributed by atoms with Crippen molar-refractivity contribution in [1.82, 2.24) is 4.98 Å². The van der Waals surface area contributed by atoms with Gasteiger partial charge in [-0.15, -0.1) is 11.3 Å². The van der Waals surface area contributed by atoms with E-state index in [1.807, 2.05) is 31.3 Å². The van der Waals surface area contributed by atoms with Crippen LogP contribution in [0.4, 0.5) is 5.13 Å². The molecule has 0 unspecified atom stereocenters. The lowest BCUT2D eigenvalue weighted by atomic mass is 10.1. The highest BCUT2D eigenvalue weighted by Crippen LogP contribution is 2.21. The van der Waals surface area contributed by atoms with Gasteiger partial charge in [-0.1, -0.05) is 29.8 Å². The number of nitrogens with zero attached hydrogens (tertiary/aromatic N) is 1. The molecule has 2 rings (SSSR count). The Balaban J connectivity index is 2.18.